The van der Waals surface area contributed by atoms with E-state index in [0.717, 1.165) is 37.0 Å². The van der Waals surface area contributed by atoms with E-state index in [-0.39, 0.29) is 29.3 Å². The van der Waals surface area contributed by atoms with Gasteiger partial charge in [-0.1, -0.05) is 63.5 Å². The Balaban J connectivity index is 1.50. The third-order valence-electron chi connectivity index (χ3n) is 8.68. The maximum Gasteiger partial charge on any atom is 0.252 e. The Morgan fingerprint density at radius 2 is 1.91 bits per heavy atom. The number of halogens is 1. The molecule has 5 nitrogen and oxygen atoms in total. The summed E-state index contributed by atoms with van der Waals surface area (Å²) in [5.74, 6) is 0.977. The molecule has 1 N–H and O–H groups in total. The van der Waals surface area contributed by atoms with E-state index < -0.39 is 5.60 Å². The molecule has 2 unspecified atom stereocenters. The van der Waals surface area contributed by atoms with Gasteiger partial charge >= 0.3 is 0 Å². The Labute approximate surface area is 207 Å². The van der Waals surface area contributed by atoms with Gasteiger partial charge in [0.05, 0.1) is 17.2 Å². The molecule has 2 saturated carbocycles. The van der Waals surface area contributed by atoms with Crippen molar-refractivity contribution in [3.8, 4) is 0 Å². The fourth-order valence-corrected chi connectivity index (χ4v) is 7.57. The summed E-state index contributed by atoms with van der Waals surface area (Å²) < 4.78 is 1.63. The van der Waals surface area contributed by atoms with Crippen LogP contribution < -0.4 is 5.56 Å². The number of pyridine rings is 1. The molecule has 2 atom stereocenters. The van der Waals surface area contributed by atoms with Crippen molar-refractivity contribution in [1.82, 2.24) is 9.47 Å². The third-order valence-corrected chi connectivity index (χ3v) is 9.87. The molecule has 3 aliphatic rings. The molecule has 2 aliphatic carbocycles. The van der Waals surface area contributed by atoms with E-state index in [2.05, 4.69) is 6.92 Å². The normalized spacial score (nSPS) is 26.6. The number of likely N-dealkylation sites (tertiary alicyclic amines) is 1. The number of aliphatic hydroxyl groups is 1. The first-order valence-corrected chi connectivity index (χ1v) is 14.3. The number of carbonyl (C=O) groups is 1. The lowest BCUT2D eigenvalue weighted by molar-refractivity contribution is -0.163. The van der Waals surface area contributed by atoms with E-state index in [1.165, 1.54) is 49.9 Å². The largest absolute Gasteiger partial charge is 0.387 e. The van der Waals surface area contributed by atoms with Gasteiger partial charge in [-0.05, 0) is 37.9 Å². The van der Waals surface area contributed by atoms with Crippen LogP contribution in [0.25, 0.3) is 0 Å². The molecule has 1 spiro atoms. The molecule has 33 heavy (non-hydrogen) atoms. The zero-order valence-electron chi connectivity index (χ0n) is 20.2. The van der Waals surface area contributed by atoms with Crippen molar-refractivity contribution in [3.63, 3.8) is 0 Å². The summed E-state index contributed by atoms with van der Waals surface area (Å²) in [4.78, 5) is 29.0. The first-order chi connectivity index (χ1) is 15.8. The van der Waals surface area contributed by atoms with Crippen molar-refractivity contribution in [2.45, 2.75) is 94.6 Å². The maximum atomic E-state index is 13.4. The summed E-state index contributed by atoms with van der Waals surface area (Å²) in [6.45, 7) is 3.52. The van der Waals surface area contributed by atoms with Gasteiger partial charge in [0.15, 0.2) is 0 Å². The average Bonchev–Trinajstić information content (AvgIpc) is 3.28. The molecule has 3 fully saturated rings. The Morgan fingerprint density at radius 1 is 1.21 bits per heavy atom. The van der Waals surface area contributed by atoms with Crippen LogP contribution in [0.4, 0.5) is 0 Å². The van der Waals surface area contributed by atoms with Gasteiger partial charge in [-0.3, -0.25) is 9.59 Å². The van der Waals surface area contributed by atoms with Crippen molar-refractivity contribution < 1.29 is 9.90 Å². The lowest BCUT2D eigenvalue weighted by Crippen LogP contribution is -2.62. The van der Waals surface area contributed by atoms with Gasteiger partial charge in [-0.25, -0.2) is 0 Å². The van der Waals surface area contributed by atoms with E-state index in [9.17, 15) is 14.7 Å². The highest BCUT2D eigenvalue weighted by Crippen LogP contribution is 2.52. The van der Waals surface area contributed by atoms with Crippen LogP contribution in [0.5, 0.6) is 0 Å². The quantitative estimate of drug-likeness (QED) is 0.541. The lowest BCUT2D eigenvalue weighted by atomic mass is 9.65. The monoisotopic (exact) mass is 494 g/mol. The SMILES string of the molecule is CSc1cn(CC2(O)CCN(C(=O)C(C)CC3CCCCC3)CC23CCCC3)c(=O)cc1Cl. The summed E-state index contributed by atoms with van der Waals surface area (Å²) in [5.41, 5.74) is -1.52. The van der Waals surface area contributed by atoms with Crippen molar-refractivity contribution in [2.75, 3.05) is 19.3 Å². The first-order valence-electron chi connectivity index (χ1n) is 12.7. The minimum Gasteiger partial charge on any atom is -0.387 e. The molecule has 2 heterocycles. The van der Waals surface area contributed by atoms with Crippen LogP contribution in [-0.2, 0) is 11.3 Å². The van der Waals surface area contributed by atoms with Gasteiger partial charge in [-0.2, -0.15) is 0 Å². The number of carbonyl (C=O) groups excluding carboxylic acids is 1. The molecule has 7 heteroatoms. The molecule has 1 aliphatic heterocycles. The fourth-order valence-electron chi connectivity index (χ4n) is 6.71. The lowest BCUT2D eigenvalue weighted by Gasteiger charge is -2.53. The van der Waals surface area contributed by atoms with Gasteiger partial charge in [-0.15, -0.1) is 11.8 Å². The summed E-state index contributed by atoms with van der Waals surface area (Å²) in [7, 11) is 0. The minimum absolute atomic E-state index is 0.0424. The van der Waals surface area contributed by atoms with Crippen molar-refractivity contribution in [1.29, 1.82) is 0 Å². The van der Waals surface area contributed by atoms with Crippen LogP contribution in [0, 0.1) is 17.3 Å². The number of hydrogen-bond acceptors (Lipinski definition) is 4. The summed E-state index contributed by atoms with van der Waals surface area (Å²) in [6, 6.07) is 1.45. The van der Waals surface area contributed by atoms with Crippen molar-refractivity contribution in [2.24, 2.45) is 17.3 Å². The smallest absolute Gasteiger partial charge is 0.252 e. The van der Waals surface area contributed by atoms with Gasteiger partial charge in [0.2, 0.25) is 5.91 Å². The molecule has 1 amide bonds. The fraction of sp³-hybridized carbons (Fsp3) is 0.769. The topological polar surface area (TPSA) is 62.5 Å². The highest BCUT2D eigenvalue weighted by atomic mass is 35.5. The summed E-state index contributed by atoms with van der Waals surface area (Å²) in [5, 5.41) is 12.5. The zero-order chi connectivity index (χ0) is 23.6. The average molecular weight is 495 g/mol. The molecule has 0 bridgehead atoms. The number of piperidine rings is 1. The molecule has 1 aromatic rings. The van der Waals surface area contributed by atoms with Crippen molar-refractivity contribution in [3.05, 3.63) is 27.6 Å². The summed E-state index contributed by atoms with van der Waals surface area (Å²) in [6.07, 6.45) is 15.6. The van der Waals surface area contributed by atoms with Crippen LogP contribution >= 0.6 is 23.4 Å². The number of nitrogens with zero attached hydrogens (tertiary/aromatic N) is 2. The molecule has 184 valence electrons. The Bertz CT molecular complexity index is 907. The van der Waals surface area contributed by atoms with Gasteiger partial charge in [0.25, 0.3) is 5.56 Å². The number of amides is 1. The third kappa shape index (κ3) is 5.18. The Hall–Kier alpha value is -0.980. The molecular formula is C26H39ClN2O3S. The van der Waals surface area contributed by atoms with Crippen LogP contribution in [0.2, 0.25) is 5.02 Å². The number of aromatic nitrogens is 1. The Morgan fingerprint density at radius 3 is 2.58 bits per heavy atom. The molecular weight excluding hydrogens is 456 g/mol. The van der Waals surface area contributed by atoms with Crippen LogP contribution in [0.1, 0.15) is 77.6 Å². The minimum atomic E-state index is -1.000. The highest BCUT2D eigenvalue weighted by molar-refractivity contribution is 7.98. The van der Waals surface area contributed by atoms with Crippen molar-refractivity contribution >= 4 is 29.3 Å². The number of hydrogen-bond donors (Lipinski definition) is 1. The van der Waals surface area contributed by atoms with E-state index in [0.29, 0.717) is 30.5 Å². The number of thioether (sulfide) groups is 1. The summed E-state index contributed by atoms with van der Waals surface area (Å²) >= 11 is 7.71. The number of rotatable bonds is 6. The predicted molar refractivity (Wildman–Crippen MR) is 135 cm³/mol. The first kappa shape index (κ1) is 25.1. The predicted octanol–water partition coefficient (Wildman–Crippen LogP) is 5.35. The van der Waals surface area contributed by atoms with Crippen LogP contribution in [0.15, 0.2) is 22.0 Å². The highest BCUT2D eigenvalue weighted by Gasteiger charge is 2.55. The van der Waals surface area contributed by atoms with Gasteiger partial charge in [0, 0.05) is 41.6 Å². The molecule has 4 rings (SSSR count). The maximum absolute atomic E-state index is 13.4. The molecule has 0 radical (unpaired) electrons. The van der Waals surface area contributed by atoms with Crippen LogP contribution in [0.3, 0.4) is 0 Å². The zero-order valence-corrected chi connectivity index (χ0v) is 21.7. The standard InChI is InChI=1S/C26H39ClN2O3S/c1-19(14-20-8-4-3-5-9-20)24(31)28-13-12-26(32,25(17-28)10-6-7-11-25)18-29-16-22(33-2)21(27)15-23(29)30/h15-16,19-20,32H,3-14,17-18H2,1-2H3. The van der Waals surface area contributed by atoms with Gasteiger partial charge < -0.3 is 14.6 Å². The van der Waals surface area contributed by atoms with Gasteiger partial charge in [0.1, 0.15) is 0 Å². The molecule has 0 aromatic carbocycles. The van der Waals surface area contributed by atoms with E-state index >= 15 is 0 Å². The molecule has 1 aromatic heterocycles. The Kier molecular flexibility index (Phi) is 7.86. The molecule has 1 saturated heterocycles. The van der Waals surface area contributed by atoms with E-state index in [4.69, 9.17) is 11.6 Å². The van der Waals surface area contributed by atoms with E-state index in [1.54, 1.807) is 10.8 Å². The van der Waals surface area contributed by atoms with E-state index in [1.807, 2.05) is 11.2 Å². The van der Waals surface area contributed by atoms with Crippen LogP contribution in [-0.4, -0.2) is 45.4 Å². The second-order valence-corrected chi connectivity index (χ2v) is 12.1. The second-order valence-electron chi connectivity index (χ2n) is 10.8. The second kappa shape index (κ2) is 10.3.